The van der Waals surface area contributed by atoms with Gasteiger partial charge < -0.3 is 20.1 Å². The highest BCUT2D eigenvalue weighted by atomic mass is 16.5. The van der Waals surface area contributed by atoms with E-state index in [1.165, 1.54) is 18.7 Å². The molecule has 0 heterocycles. The number of likely N-dealkylation sites (N-methyl/N-ethyl adjacent to an activating group) is 1. The number of rotatable bonds is 5. The molecule has 0 rings (SSSR count). The van der Waals surface area contributed by atoms with Gasteiger partial charge in [-0.2, -0.15) is 0 Å². The van der Waals surface area contributed by atoms with E-state index in [0.29, 0.717) is 6.61 Å². The van der Waals surface area contributed by atoms with E-state index in [2.05, 4.69) is 5.32 Å². The number of methoxy groups -OCH3 is 1. The van der Waals surface area contributed by atoms with Crippen LogP contribution in [-0.2, 0) is 9.53 Å². The van der Waals surface area contributed by atoms with Crippen molar-refractivity contribution < 1.29 is 19.4 Å². The van der Waals surface area contributed by atoms with Crippen LogP contribution in [0.1, 0.15) is 20.8 Å². The summed E-state index contributed by atoms with van der Waals surface area (Å²) < 4.78 is 4.91. The smallest absolute Gasteiger partial charge is 0.328 e. The fourth-order valence-corrected chi connectivity index (χ4v) is 0.962. The Morgan fingerprint density at radius 1 is 1.50 bits per heavy atom. The van der Waals surface area contributed by atoms with Gasteiger partial charge in [-0.05, 0) is 20.8 Å². The Hall–Kier alpha value is -1.30. The highest BCUT2D eigenvalue weighted by molar-refractivity contribution is 5.85. The highest BCUT2D eigenvalue weighted by Gasteiger charge is 2.30. The summed E-state index contributed by atoms with van der Waals surface area (Å²) in [7, 11) is 3.14. The summed E-state index contributed by atoms with van der Waals surface area (Å²) in [4.78, 5) is 23.9. The van der Waals surface area contributed by atoms with Gasteiger partial charge in [-0.25, -0.2) is 9.59 Å². The van der Waals surface area contributed by atoms with Crippen molar-refractivity contribution in [2.45, 2.75) is 32.4 Å². The van der Waals surface area contributed by atoms with Crippen LogP contribution in [0.4, 0.5) is 4.79 Å². The number of carbonyl (C=O) groups is 2. The van der Waals surface area contributed by atoms with Gasteiger partial charge in [0.25, 0.3) is 0 Å². The zero-order valence-corrected chi connectivity index (χ0v) is 10.4. The van der Waals surface area contributed by atoms with Crippen LogP contribution in [0.3, 0.4) is 0 Å². The number of hydrogen-bond acceptors (Lipinski definition) is 3. The van der Waals surface area contributed by atoms with Gasteiger partial charge in [-0.1, -0.05) is 0 Å². The maximum Gasteiger partial charge on any atom is 0.328 e. The molecule has 0 fully saturated rings. The number of carboxylic acid groups (broad SMARTS) is 1. The molecule has 16 heavy (non-hydrogen) atoms. The van der Waals surface area contributed by atoms with Crippen molar-refractivity contribution in [1.82, 2.24) is 10.2 Å². The lowest BCUT2D eigenvalue weighted by Crippen LogP contribution is -2.55. The molecule has 2 N–H and O–H groups in total. The van der Waals surface area contributed by atoms with E-state index in [-0.39, 0.29) is 6.04 Å². The van der Waals surface area contributed by atoms with Gasteiger partial charge >= 0.3 is 12.0 Å². The molecule has 0 bridgehead atoms. The monoisotopic (exact) mass is 232 g/mol. The molecule has 0 aromatic rings. The summed E-state index contributed by atoms with van der Waals surface area (Å²) in [5.41, 5.74) is -1.28. The van der Waals surface area contributed by atoms with Crippen LogP contribution in [0.5, 0.6) is 0 Å². The average molecular weight is 232 g/mol. The van der Waals surface area contributed by atoms with Crippen LogP contribution >= 0.6 is 0 Å². The first-order valence-corrected chi connectivity index (χ1v) is 4.99. The molecule has 1 unspecified atom stereocenters. The molecule has 6 nitrogen and oxygen atoms in total. The fourth-order valence-electron chi connectivity index (χ4n) is 0.962. The van der Waals surface area contributed by atoms with E-state index < -0.39 is 17.5 Å². The van der Waals surface area contributed by atoms with Gasteiger partial charge in [-0.3, -0.25) is 0 Å². The second kappa shape index (κ2) is 5.69. The highest BCUT2D eigenvalue weighted by Crippen LogP contribution is 2.04. The van der Waals surface area contributed by atoms with Crippen LogP contribution in [-0.4, -0.2) is 54.4 Å². The molecule has 0 aliphatic heterocycles. The summed E-state index contributed by atoms with van der Waals surface area (Å²) in [6.45, 7) is 5.08. The Labute approximate surface area is 95.6 Å². The van der Waals surface area contributed by atoms with E-state index in [4.69, 9.17) is 9.84 Å². The van der Waals surface area contributed by atoms with Gasteiger partial charge in [0, 0.05) is 14.2 Å². The van der Waals surface area contributed by atoms with Gasteiger partial charge in [0.05, 0.1) is 12.6 Å². The van der Waals surface area contributed by atoms with Crippen LogP contribution in [0.25, 0.3) is 0 Å². The molecule has 0 aromatic carbocycles. The third kappa shape index (κ3) is 4.06. The van der Waals surface area contributed by atoms with Crippen molar-refractivity contribution in [3.63, 3.8) is 0 Å². The van der Waals surface area contributed by atoms with Crippen LogP contribution in [0.2, 0.25) is 0 Å². The van der Waals surface area contributed by atoms with E-state index in [1.54, 1.807) is 14.2 Å². The number of carbonyl (C=O) groups excluding carboxylic acids is 1. The zero-order chi connectivity index (χ0) is 12.9. The van der Waals surface area contributed by atoms with Crippen LogP contribution in [0, 0.1) is 0 Å². The molecular formula is C10H20N2O4. The van der Waals surface area contributed by atoms with Crippen LogP contribution < -0.4 is 5.32 Å². The maximum absolute atomic E-state index is 11.7. The van der Waals surface area contributed by atoms with E-state index in [1.807, 2.05) is 6.92 Å². The standard InChI is InChI=1S/C10H20N2O4/c1-7(6-16-5)12(4)9(15)11-10(2,3)8(13)14/h7H,6H2,1-5H3,(H,11,15)(H,13,14). The molecule has 2 amide bonds. The Bertz CT molecular complexity index is 266. The second-order valence-corrected chi connectivity index (χ2v) is 4.28. The summed E-state index contributed by atoms with van der Waals surface area (Å²) >= 11 is 0. The number of carboxylic acids is 1. The second-order valence-electron chi connectivity index (χ2n) is 4.28. The molecule has 0 radical (unpaired) electrons. The molecule has 0 spiro atoms. The first-order chi connectivity index (χ1) is 7.22. The number of nitrogens with one attached hydrogen (secondary N) is 1. The topological polar surface area (TPSA) is 78.9 Å². The van der Waals surface area contributed by atoms with Crippen molar-refractivity contribution in [2.75, 3.05) is 20.8 Å². The predicted molar refractivity (Wildman–Crippen MR) is 59.3 cm³/mol. The summed E-state index contributed by atoms with van der Waals surface area (Å²) in [6, 6.07) is -0.549. The Morgan fingerprint density at radius 2 is 2.00 bits per heavy atom. The van der Waals surface area contributed by atoms with Crippen molar-refractivity contribution in [1.29, 1.82) is 0 Å². The minimum absolute atomic E-state index is 0.116. The number of ether oxygens (including phenoxy) is 1. The summed E-state index contributed by atoms with van der Waals surface area (Å²) in [5, 5.41) is 11.3. The number of hydrogen-bond donors (Lipinski definition) is 2. The largest absolute Gasteiger partial charge is 0.480 e. The van der Waals surface area contributed by atoms with E-state index in [9.17, 15) is 9.59 Å². The molecule has 0 saturated heterocycles. The van der Waals surface area contributed by atoms with Crippen molar-refractivity contribution in [3.8, 4) is 0 Å². The number of aliphatic carboxylic acids is 1. The minimum atomic E-state index is -1.28. The summed E-state index contributed by atoms with van der Waals surface area (Å²) in [5.74, 6) is -1.08. The molecule has 0 aliphatic rings. The van der Waals surface area contributed by atoms with Gasteiger partial charge in [0.15, 0.2) is 0 Å². The molecule has 0 aliphatic carbocycles. The Morgan fingerprint density at radius 3 is 2.38 bits per heavy atom. The number of nitrogens with zero attached hydrogens (tertiary/aromatic N) is 1. The zero-order valence-electron chi connectivity index (χ0n) is 10.4. The van der Waals surface area contributed by atoms with E-state index in [0.717, 1.165) is 0 Å². The predicted octanol–water partition coefficient (Wildman–Crippen LogP) is 0.526. The Kier molecular flexibility index (Phi) is 5.23. The molecule has 94 valence electrons. The Balaban J connectivity index is 4.41. The average Bonchev–Trinajstić information content (AvgIpc) is 2.15. The number of urea groups is 1. The van der Waals surface area contributed by atoms with Crippen molar-refractivity contribution >= 4 is 12.0 Å². The van der Waals surface area contributed by atoms with Crippen molar-refractivity contribution in [3.05, 3.63) is 0 Å². The summed E-state index contributed by atoms with van der Waals surface area (Å²) in [6.07, 6.45) is 0. The molecule has 0 saturated carbocycles. The SMILES string of the molecule is COCC(C)N(C)C(=O)NC(C)(C)C(=O)O. The normalized spacial score (nSPS) is 13.1. The minimum Gasteiger partial charge on any atom is -0.480 e. The third-order valence-corrected chi connectivity index (χ3v) is 2.34. The van der Waals surface area contributed by atoms with Gasteiger partial charge in [0.1, 0.15) is 5.54 Å². The van der Waals surface area contributed by atoms with Gasteiger partial charge in [0.2, 0.25) is 0 Å². The van der Waals surface area contributed by atoms with Crippen LogP contribution in [0.15, 0.2) is 0 Å². The first-order valence-electron chi connectivity index (χ1n) is 4.99. The molecule has 6 heteroatoms. The number of amides is 2. The first kappa shape index (κ1) is 14.7. The lowest BCUT2D eigenvalue weighted by Gasteiger charge is -2.29. The van der Waals surface area contributed by atoms with Crippen molar-refractivity contribution in [2.24, 2.45) is 0 Å². The van der Waals surface area contributed by atoms with Gasteiger partial charge in [-0.15, -0.1) is 0 Å². The molecule has 1 atom stereocenters. The lowest BCUT2D eigenvalue weighted by atomic mass is 10.1. The maximum atomic E-state index is 11.7. The third-order valence-electron chi connectivity index (χ3n) is 2.34. The molecular weight excluding hydrogens is 212 g/mol. The molecule has 0 aromatic heterocycles. The lowest BCUT2D eigenvalue weighted by molar-refractivity contribution is -0.143. The fraction of sp³-hybridized carbons (Fsp3) is 0.800. The quantitative estimate of drug-likeness (QED) is 0.724. The van der Waals surface area contributed by atoms with E-state index >= 15 is 0 Å².